The van der Waals surface area contributed by atoms with Crippen LogP contribution < -0.4 is 10.6 Å². The second-order valence-corrected chi connectivity index (χ2v) is 8.60. The minimum Gasteiger partial charge on any atom is -0.451 e. The molecule has 2 rings (SSSR count). The maximum atomic E-state index is 12.3. The number of anilines is 1. The highest BCUT2D eigenvalue weighted by Gasteiger charge is 2.20. The molecule has 0 aliphatic carbocycles. The first-order chi connectivity index (χ1) is 14.0. The van der Waals surface area contributed by atoms with Gasteiger partial charge in [-0.25, -0.2) is 0 Å². The Morgan fingerprint density at radius 3 is 2.23 bits per heavy atom. The summed E-state index contributed by atoms with van der Waals surface area (Å²) in [5.74, 6) is -1.78. The van der Waals surface area contributed by atoms with Gasteiger partial charge in [-0.15, -0.1) is 0 Å². The molecule has 0 bridgehead atoms. The molecule has 1 unspecified atom stereocenters. The molecule has 2 aromatic rings. The number of hydrogen-bond acceptors (Lipinski definition) is 4. The van der Waals surface area contributed by atoms with Crippen molar-refractivity contribution in [3.63, 3.8) is 0 Å². The normalized spacial score (nSPS) is 12.1. The predicted molar refractivity (Wildman–Crippen MR) is 118 cm³/mol. The second kappa shape index (κ2) is 9.96. The molecular formula is C22H24Cl2N2O4. The van der Waals surface area contributed by atoms with Crippen molar-refractivity contribution in [3.8, 4) is 0 Å². The molecule has 160 valence electrons. The highest BCUT2D eigenvalue weighted by atomic mass is 35.5. The van der Waals surface area contributed by atoms with E-state index in [4.69, 9.17) is 27.9 Å². The van der Waals surface area contributed by atoms with E-state index >= 15 is 0 Å². The Balaban J connectivity index is 1.84. The average Bonchev–Trinajstić information content (AvgIpc) is 2.65. The summed E-state index contributed by atoms with van der Waals surface area (Å²) < 4.78 is 5.08. The van der Waals surface area contributed by atoms with Gasteiger partial charge in [0.2, 0.25) is 0 Å². The second-order valence-electron chi connectivity index (χ2n) is 7.76. The van der Waals surface area contributed by atoms with Crippen LogP contribution in [0.2, 0.25) is 10.0 Å². The Hall–Kier alpha value is -2.57. The van der Waals surface area contributed by atoms with E-state index in [-0.39, 0.29) is 16.0 Å². The number of carbonyl (C=O) groups excluding carboxylic acids is 3. The van der Waals surface area contributed by atoms with Gasteiger partial charge in [0.1, 0.15) is 6.54 Å². The summed E-state index contributed by atoms with van der Waals surface area (Å²) in [6, 6.07) is 11.9. The molecular weight excluding hydrogens is 427 g/mol. The molecule has 0 saturated heterocycles. The van der Waals surface area contributed by atoms with Gasteiger partial charge in [0, 0.05) is 10.7 Å². The molecule has 0 spiro atoms. The van der Waals surface area contributed by atoms with Gasteiger partial charge in [-0.1, -0.05) is 56.1 Å². The number of ether oxygens (including phenoxy) is 1. The minimum absolute atomic E-state index is 0.00599. The maximum Gasteiger partial charge on any atom is 0.326 e. The van der Waals surface area contributed by atoms with E-state index in [0.717, 1.165) is 5.56 Å². The van der Waals surface area contributed by atoms with Crippen molar-refractivity contribution in [1.82, 2.24) is 5.32 Å². The number of esters is 1. The van der Waals surface area contributed by atoms with Crippen molar-refractivity contribution in [2.75, 3.05) is 11.9 Å². The van der Waals surface area contributed by atoms with Crippen LogP contribution in [0.25, 0.3) is 0 Å². The molecule has 0 aliphatic rings. The summed E-state index contributed by atoms with van der Waals surface area (Å²) in [6.45, 7) is 7.34. The van der Waals surface area contributed by atoms with E-state index in [1.54, 1.807) is 12.1 Å². The van der Waals surface area contributed by atoms with Gasteiger partial charge in [0.25, 0.3) is 11.8 Å². The third-order valence-electron chi connectivity index (χ3n) is 4.26. The van der Waals surface area contributed by atoms with Crippen LogP contribution in [-0.4, -0.2) is 30.4 Å². The van der Waals surface area contributed by atoms with Crippen molar-refractivity contribution in [2.45, 2.75) is 39.2 Å². The molecule has 6 nitrogen and oxygen atoms in total. The van der Waals surface area contributed by atoms with Crippen molar-refractivity contribution in [2.24, 2.45) is 0 Å². The van der Waals surface area contributed by atoms with Crippen LogP contribution in [-0.2, 0) is 19.7 Å². The van der Waals surface area contributed by atoms with Gasteiger partial charge in [0.15, 0.2) is 6.10 Å². The summed E-state index contributed by atoms with van der Waals surface area (Å²) in [5, 5.41) is 5.65. The number of rotatable bonds is 6. The van der Waals surface area contributed by atoms with Crippen LogP contribution in [0.5, 0.6) is 0 Å². The monoisotopic (exact) mass is 450 g/mol. The van der Waals surface area contributed by atoms with Crippen LogP contribution >= 0.6 is 23.2 Å². The summed E-state index contributed by atoms with van der Waals surface area (Å²) in [7, 11) is 0. The molecule has 0 aliphatic heterocycles. The van der Waals surface area contributed by atoms with Gasteiger partial charge in [-0.3, -0.25) is 14.4 Å². The lowest BCUT2D eigenvalue weighted by Gasteiger charge is -2.19. The molecule has 0 saturated carbocycles. The van der Waals surface area contributed by atoms with Crippen LogP contribution in [0.3, 0.4) is 0 Å². The summed E-state index contributed by atoms with van der Waals surface area (Å²) in [6.07, 6.45) is -1.03. The van der Waals surface area contributed by atoms with Crippen LogP contribution in [0.15, 0.2) is 42.5 Å². The molecule has 2 amide bonds. The first kappa shape index (κ1) is 23.7. The first-order valence-corrected chi connectivity index (χ1v) is 10.1. The number of amides is 2. The van der Waals surface area contributed by atoms with Crippen molar-refractivity contribution < 1.29 is 19.1 Å². The number of benzene rings is 2. The van der Waals surface area contributed by atoms with E-state index in [9.17, 15) is 14.4 Å². The lowest BCUT2D eigenvalue weighted by Crippen LogP contribution is -2.35. The Bertz CT molecular complexity index is 937. The smallest absolute Gasteiger partial charge is 0.326 e. The van der Waals surface area contributed by atoms with E-state index < -0.39 is 30.4 Å². The zero-order chi connectivity index (χ0) is 22.5. The fourth-order valence-electron chi connectivity index (χ4n) is 2.51. The number of nitrogens with one attached hydrogen (secondary N) is 2. The minimum atomic E-state index is -1.03. The third kappa shape index (κ3) is 6.75. The topological polar surface area (TPSA) is 84.5 Å². The Morgan fingerprint density at radius 2 is 1.67 bits per heavy atom. The predicted octanol–water partition coefficient (Wildman–Crippen LogP) is 4.59. The molecule has 30 heavy (non-hydrogen) atoms. The molecule has 2 aromatic carbocycles. The van der Waals surface area contributed by atoms with Crippen LogP contribution in [0, 0.1) is 0 Å². The standard InChI is InChI=1S/C22H24Cl2N2O4/c1-13(20(28)26-16-8-5-14(6-9-16)22(2,3)4)30-19(27)12-25-21(29)17-10-7-15(23)11-18(17)24/h5-11,13H,12H2,1-4H3,(H,25,29)(H,26,28). The Morgan fingerprint density at radius 1 is 1.03 bits per heavy atom. The van der Waals surface area contributed by atoms with Crippen molar-refractivity contribution >= 4 is 46.7 Å². The SMILES string of the molecule is CC(OC(=O)CNC(=O)c1ccc(Cl)cc1Cl)C(=O)Nc1ccc(C(C)(C)C)cc1. The fraction of sp³-hybridized carbons (Fsp3) is 0.318. The molecule has 0 fully saturated rings. The molecule has 8 heteroatoms. The fourth-order valence-corrected chi connectivity index (χ4v) is 3.01. The van der Waals surface area contributed by atoms with Gasteiger partial charge in [-0.05, 0) is 48.2 Å². The van der Waals surface area contributed by atoms with Gasteiger partial charge in [0.05, 0.1) is 10.6 Å². The lowest BCUT2D eigenvalue weighted by molar-refractivity contribution is -0.152. The van der Waals surface area contributed by atoms with E-state index in [1.165, 1.54) is 25.1 Å². The van der Waals surface area contributed by atoms with E-state index in [2.05, 4.69) is 31.4 Å². The number of hydrogen-bond donors (Lipinski definition) is 2. The van der Waals surface area contributed by atoms with E-state index in [0.29, 0.717) is 10.7 Å². The molecule has 2 N–H and O–H groups in total. The Kier molecular flexibility index (Phi) is 7.87. The summed E-state index contributed by atoms with van der Waals surface area (Å²) in [4.78, 5) is 36.3. The summed E-state index contributed by atoms with van der Waals surface area (Å²) >= 11 is 11.8. The van der Waals surface area contributed by atoms with Crippen molar-refractivity contribution in [1.29, 1.82) is 0 Å². The largest absolute Gasteiger partial charge is 0.451 e. The highest BCUT2D eigenvalue weighted by molar-refractivity contribution is 6.36. The molecule has 1 atom stereocenters. The third-order valence-corrected chi connectivity index (χ3v) is 4.81. The van der Waals surface area contributed by atoms with Crippen LogP contribution in [0.1, 0.15) is 43.6 Å². The first-order valence-electron chi connectivity index (χ1n) is 9.31. The van der Waals surface area contributed by atoms with E-state index in [1.807, 2.05) is 12.1 Å². The van der Waals surface area contributed by atoms with Gasteiger partial charge >= 0.3 is 5.97 Å². The zero-order valence-electron chi connectivity index (χ0n) is 17.2. The maximum absolute atomic E-state index is 12.3. The van der Waals surface area contributed by atoms with Crippen molar-refractivity contribution in [3.05, 3.63) is 63.6 Å². The zero-order valence-corrected chi connectivity index (χ0v) is 18.7. The summed E-state index contributed by atoms with van der Waals surface area (Å²) in [5.41, 5.74) is 1.92. The molecule has 0 aromatic heterocycles. The Labute approximate surface area is 185 Å². The highest BCUT2D eigenvalue weighted by Crippen LogP contribution is 2.23. The lowest BCUT2D eigenvalue weighted by atomic mass is 9.87. The van der Waals surface area contributed by atoms with Gasteiger partial charge in [-0.2, -0.15) is 0 Å². The molecule has 0 heterocycles. The average molecular weight is 451 g/mol. The van der Waals surface area contributed by atoms with Gasteiger partial charge < -0.3 is 15.4 Å². The number of carbonyl (C=O) groups is 3. The quantitative estimate of drug-likeness (QED) is 0.630. The molecule has 0 radical (unpaired) electrons. The number of halogens is 2. The van der Waals surface area contributed by atoms with Crippen LogP contribution in [0.4, 0.5) is 5.69 Å².